The van der Waals surface area contributed by atoms with E-state index in [-0.39, 0.29) is 6.42 Å². The van der Waals surface area contributed by atoms with Crippen LogP contribution in [0.4, 0.5) is 8.78 Å². The summed E-state index contributed by atoms with van der Waals surface area (Å²) in [4.78, 5) is 9.45. The van der Waals surface area contributed by atoms with Crippen molar-refractivity contribution in [2.45, 2.75) is 17.8 Å². The van der Waals surface area contributed by atoms with Gasteiger partial charge in [0.25, 0.3) is 5.92 Å². The normalized spacial score (nSPS) is 22.6. The predicted molar refractivity (Wildman–Crippen MR) is 142 cm³/mol. The first-order valence-corrected chi connectivity index (χ1v) is 13.5. The SMILES string of the molecule is CN1CCN(CCOc2ccc(C3(c4ccc(OCCN5CCN(C)CC5)cc4)CC3(F)F)cc2)CC1. The quantitative estimate of drug-likeness (QED) is 0.484. The van der Waals surface area contributed by atoms with Crippen molar-refractivity contribution >= 4 is 0 Å². The zero-order chi connectivity index (χ0) is 25.9. The predicted octanol–water partition coefficient (Wildman–Crippen LogP) is 3.26. The number of hydrogen-bond donors (Lipinski definition) is 0. The number of halogens is 2. The van der Waals surface area contributed by atoms with Crippen LogP contribution in [0.3, 0.4) is 0 Å². The molecule has 37 heavy (non-hydrogen) atoms. The molecule has 2 aliphatic heterocycles. The van der Waals surface area contributed by atoms with Gasteiger partial charge in [-0.3, -0.25) is 9.80 Å². The molecular weight excluding hydrogens is 474 g/mol. The van der Waals surface area contributed by atoms with Gasteiger partial charge in [-0.15, -0.1) is 0 Å². The topological polar surface area (TPSA) is 31.4 Å². The van der Waals surface area contributed by atoms with Gasteiger partial charge < -0.3 is 19.3 Å². The van der Waals surface area contributed by atoms with Gasteiger partial charge in [0.1, 0.15) is 24.7 Å². The van der Waals surface area contributed by atoms with Crippen LogP contribution in [-0.2, 0) is 5.41 Å². The van der Waals surface area contributed by atoms with Crippen molar-refractivity contribution < 1.29 is 18.3 Å². The van der Waals surface area contributed by atoms with Crippen molar-refractivity contribution in [3.05, 3.63) is 59.7 Å². The molecule has 202 valence electrons. The lowest BCUT2D eigenvalue weighted by Gasteiger charge is -2.32. The van der Waals surface area contributed by atoms with Crippen molar-refractivity contribution in [1.82, 2.24) is 19.6 Å². The molecule has 3 aliphatic rings. The average Bonchev–Trinajstić information content (AvgIpc) is 3.50. The van der Waals surface area contributed by atoms with Crippen LogP contribution in [0.15, 0.2) is 48.5 Å². The van der Waals surface area contributed by atoms with Gasteiger partial charge in [-0.05, 0) is 49.5 Å². The summed E-state index contributed by atoms with van der Waals surface area (Å²) in [6.07, 6.45) is -0.173. The fourth-order valence-electron chi connectivity index (χ4n) is 5.48. The van der Waals surface area contributed by atoms with Gasteiger partial charge in [0.15, 0.2) is 0 Å². The zero-order valence-corrected chi connectivity index (χ0v) is 22.2. The molecule has 0 atom stereocenters. The lowest BCUT2D eigenvalue weighted by atomic mass is 9.87. The zero-order valence-electron chi connectivity index (χ0n) is 22.2. The summed E-state index contributed by atoms with van der Waals surface area (Å²) in [5, 5.41) is 0. The number of alkyl halides is 2. The third-order valence-electron chi connectivity index (χ3n) is 8.23. The number of hydrogen-bond acceptors (Lipinski definition) is 6. The van der Waals surface area contributed by atoms with Crippen LogP contribution >= 0.6 is 0 Å². The van der Waals surface area contributed by atoms with E-state index in [9.17, 15) is 8.78 Å². The van der Waals surface area contributed by atoms with Crippen LogP contribution in [-0.4, -0.2) is 118 Å². The Morgan fingerprint density at radius 2 is 0.973 bits per heavy atom. The first-order chi connectivity index (χ1) is 17.9. The van der Waals surface area contributed by atoms with E-state index in [1.165, 1.54) is 0 Å². The Kier molecular flexibility index (Phi) is 8.00. The molecule has 2 heterocycles. The highest BCUT2D eigenvalue weighted by molar-refractivity contribution is 5.52. The largest absolute Gasteiger partial charge is 0.492 e. The van der Waals surface area contributed by atoms with Gasteiger partial charge in [0.2, 0.25) is 0 Å². The highest BCUT2D eigenvalue weighted by Crippen LogP contribution is 2.65. The minimum atomic E-state index is -2.76. The molecule has 0 aromatic heterocycles. The summed E-state index contributed by atoms with van der Waals surface area (Å²) in [5.74, 6) is -1.32. The summed E-state index contributed by atoms with van der Waals surface area (Å²) in [6.45, 7) is 11.5. The van der Waals surface area contributed by atoms with Crippen molar-refractivity contribution in [3.8, 4) is 11.5 Å². The second kappa shape index (κ2) is 11.2. The highest BCUT2D eigenvalue weighted by Gasteiger charge is 2.72. The number of rotatable bonds is 10. The third-order valence-corrected chi connectivity index (χ3v) is 8.23. The summed E-state index contributed by atoms with van der Waals surface area (Å²) in [5.41, 5.74) is -0.00992. The first-order valence-electron chi connectivity index (χ1n) is 13.5. The van der Waals surface area contributed by atoms with Crippen molar-refractivity contribution in [1.29, 1.82) is 0 Å². The van der Waals surface area contributed by atoms with Gasteiger partial charge in [-0.25, -0.2) is 8.78 Å². The Morgan fingerprint density at radius 3 is 1.30 bits per heavy atom. The summed E-state index contributed by atoms with van der Waals surface area (Å²) in [6, 6.07) is 14.5. The molecule has 0 N–H and O–H groups in total. The maximum atomic E-state index is 14.8. The molecule has 0 unspecified atom stereocenters. The molecule has 0 bridgehead atoms. The van der Waals surface area contributed by atoms with Crippen molar-refractivity contribution in [2.24, 2.45) is 0 Å². The molecule has 2 saturated heterocycles. The van der Waals surface area contributed by atoms with E-state index < -0.39 is 11.3 Å². The molecule has 3 fully saturated rings. The minimum absolute atomic E-state index is 0.173. The molecular formula is C29H40F2N4O2. The van der Waals surface area contributed by atoms with Crippen LogP contribution in [0.1, 0.15) is 17.5 Å². The molecule has 6 nitrogen and oxygen atoms in total. The molecule has 1 saturated carbocycles. The van der Waals surface area contributed by atoms with Crippen molar-refractivity contribution in [3.63, 3.8) is 0 Å². The summed E-state index contributed by atoms with van der Waals surface area (Å²) >= 11 is 0. The van der Waals surface area contributed by atoms with Crippen LogP contribution < -0.4 is 9.47 Å². The van der Waals surface area contributed by atoms with Gasteiger partial charge in [0.05, 0.1) is 5.41 Å². The molecule has 2 aromatic rings. The fraction of sp³-hybridized carbons (Fsp3) is 0.586. The standard InChI is InChI=1S/C29H40F2N4O2/c1-32-11-15-34(16-12-32)19-21-36-26-7-3-24(4-8-26)28(23-29(28,30)31)25-5-9-27(10-6-25)37-22-20-35-17-13-33(2)14-18-35/h3-10H,11-23H2,1-2H3. The van der Waals surface area contributed by atoms with E-state index >= 15 is 0 Å². The molecule has 8 heteroatoms. The van der Waals surface area contributed by atoms with E-state index in [1.54, 1.807) is 24.3 Å². The molecule has 1 aliphatic carbocycles. The lowest BCUT2D eigenvalue weighted by Crippen LogP contribution is -2.45. The maximum absolute atomic E-state index is 14.8. The Morgan fingerprint density at radius 1 is 0.622 bits per heavy atom. The van der Waals surface area contributed by atoms with Gasteiger partial charge in [-0.1, -0.05) is 24.3 Å². The van der Waals surface area contributed by atoms with Gasteiger partial charge in [0, 0.05) is 71.9 Å². The van der Waals surface area contributed by atoms with Crippen LogP contribution in [0.5, 0.6) is 11.5 Å². The lowest BCUT2D eigenvalue weighted by molar-refractivity contribution is 0.0965. The van der Waals surface area contributed by atoms with E-state index in [0.29, 0.717) is 24.3 Å². The second-order valence-electron chi connectivity index (χ2n) is 10.8. The molecule has 0 radical (unpaired) electrons. The van der Waals surface area contributed by atoms with Gasteiger partial charge in [-0.2, -0.15) is 0 Å². The number of ether oxygens (including phenoxy) is 2. The first kappa shape index (κ1) is 26.4. The third kappa shape index (κ3) is 6.08. The summed E-state index contributed by atoms with van der Waals surface area (Å²) < 4.78 is 41.5. The Bertz CT molecular complexity index is 930. The van der Waals surface area contributed by atoms with Crippen molar-refractivity contribution in [2.75, 3.05) is 92.8 Å². The minimum Gasteiger partial charge on any atom is -0.492 e. The Labute approximate surface area is 219 Å². The number of benzene rings is 2. The van der Waals surface area contributed by atoms with Gasteiger partial charge >= 0.3 is 0 Å². The Hall–Kier alpha value is -2.26. The van der Waals surface area contributed by atoms with Crippen LogP contribution in [0, 0.1) is 0 Å². The Balaban J connectivity index is 1.15. The average molecular weight is 515 g/mol. The summed E-state index contributed by atoms with van der Waals surface area (Å²) in [7, 11) is 4.29. The number of likely N-dealkylation sites (N-methyl/N-ethyl adjacent to an activating group) is 2. The maximum Gasteiger partial charge on any atom is 0.263 e. The van der Waals surface area contributed by atoms with Crippen LogP contribution in [0.25, 0.3) is 0 Å². The second-order valence-corrected chi connectivity index (χ2v) is 10.8. The van der Waals surface area contributed by atoms with E-state index in [2.05, 4.69) is 33.7 Å². The smallest absolute Gasteiger partial charge is 0.263 e. The number of piperazine rings is 2. The van der Waals surface area contributed by atoms with E-state index in [1.807, 2.05) is 24.3 Å². The monoisotopic (exact) mass is 514 g/mol. The molecule has 0 amide bonds. The molecule has 2 aromatic carbocycles. The van der Waals surface area contributed by atoms with E-state index in [4.69, 9.17) is 9.47 Å². The number of nitrogens with zero attached hydrogens (tertiary/aromatic N) is 4. The fourth-order valence-corrected chi connectivity index (χ4v) is 5.48. The highest BCUT2D eigenvalue weighted by atomic mass is 19.3. The molecule has 5 rings (SSSR count). The van der Waals surface area contributed by atoms with Crippen LogP contribution in [0.2, 0.25) is 0 Å². The van der Waals surface area contributed by atoms with E-state index in [0.717, 1.165) is 76.9 Å². The molecule has 0 spiro atoms.